The Bertz CT molecular complexity index is 482. The van der Waals surface area contributed by atoms with Gasteiger partial charge in [0.1, 0.15) is 12.7 Å². The third kappa shape index (κ3) is 4.25. The average molecular weight is 331 g/mol. The number of nitrogens with two attached hydrogens (primary N) is 1. The fraction of sp³-hybridized carbons (Fsp3) is 0.533. The molecule has 0 radical (unpaired) electrons. The van der Waals surface area contributed by atoms with Gasteiger partial charge in [0.2, 0.25) is 0 Å². The smallest absolute Gasteiger partial charge is 0.253 e. The molecule has 0 bridgehead atoms. The van der Waals surface area contributed by atoms with E-state index in [9.17, 15) is 4.79 Å². The van der Waals surface area contributed by atoms with Crippen molar-refractivity contribution in [2.24, 2.45) is 5.73 Å². The highest BCUT2D eigenvalue weighted by Gasteiger charge is 2.27. The van der Waals surface area contributed by atoms with Crippen LogP contribution in [0.4, 0.5) is 0 Å². The summed E-state index contributed by atoms with van der Waals surface area (Å²) in [5.41, 5.74) is 5.54. The number of carbonyl (C=O) groups is 1. The van der Waals surface area contributed by atoms with Gasteiger partial charge in [-0.1, -0.05) is 12.1 Å². The zero-order valence-electron chi connectivity index (χ0n) is 12.9. The van der Waals surface area contributed by atoms with Crippen LogP contribution in [0.2, 0.25) is 0 Å². The van der Waals surface area contributed by atoms with Crippen LogP contribution in [-0.2, 0) is 9.53 Å². The van der Waals surface area contributed by atoms with E-state index in [2.05, 4.69) is 0 Å². The Balaban J connectivity index is 0.00000242. The number of methoxy groups -OCH3 is 1. The summed E-state index contributed by atoms with van der Waals surface area (Å²) in [6.07, 6.45) is -0.805. The van der Waals surface area contributed by atoms with Gasteiger partial charge in [-0.3, -0.25) is 4.79 Å². The molecule has 1 heterocycles. The predicted molar refractivity (Wildman–Crippen MR) is 85.7 cm³/mol. The van der Waals surface area contributed by atoms with Crippen molar-refractivity contribution in [2.45, 2.75) is 19.1 Å². The van der Waals surface area contributed by atoms with Crippen LogP contribution in [0.5, 0.6) is 11.5 Å². The van der Waals surface area contributed by atoms with Gasteiger partial charge in [0.25, 0.3) is 5.91 Å². The first kappa shape index (κ1) is 18.5. The van der Waals surface area contributed by atoms with Gasteiger partial charge in [-0.05, 0) is 19.1 Å². The Morgan fingerprint density at radius 1 is 1.45 bits per heavy atom. The summed E-state index contributed by atoms with van der Waals surface area (Å²) < 4.78 is 16.6. The van der Waals surface area contributed by atoms with Gasteiger partial charge in [-0.25, -0.2) is 0 Å². The SMILES string of the molecule is CCN(CC1COc2ccccc2O1)C(=O)C(CN)OC.Cl. The minimum atomic E-state index is -0.609. The largest absolute Gasteiger partial charge is 0.486 e. The summed E-state index contributed by atoms with van der Waals surface area (Å²) >= 11 is 0. The third-order valence-electron chi connectivity index (χ3n) is 3.46. The van der Waals surface area contributed by atoms with Gasteiger partial charge in [0.15, 0.2) is 17.6 Å². The molecule has 0 aromatic heterocycles. The first-order valence-electron chi connectivity index (χ1n) is 7.09. The highest BCUT2D eigenvalue weighted by molar-refractivity contribution is 5.85. The minimum Gasteiger partial charge on any atom is -0.486 e. The van der Waals surface area contributed by atoms with Crippen LogP contribution in [0, 0.1) is 0 Å². The van der Waals surface area contributed by atoms with E-state index >= 15 is 0 Å². The molecule has 0 aliphatic carbocycles. The third-order valence-corrected chi connectivity index (χ3v) is 3.46. The quantitative estimate of drug-likeness (QED) is 0.844. The number of ether oxygens (including phenoxy) is 3. The Morgan fingerprint density at radius 2 is 2.14 bits per heavy atom. The van der Waals surface area contributed by atoms with Crippen LogP contribution >= 0.6 is 12.4 Å². The highest BCUT2D eigenvalue weighted by Crippen LogP contribution is 2.31. The summed E-state index contributed by atoms with van der Waals surface area (Å²) in [6.45, 7) is 3.51. The summed E-state index contributed by atoms with van der Waals surface area (Å²) in [4.78, 5) is 14.0. The van der Waals surface area contributed by atoms with E-state index in [1.54, 1.807) is 4.90 Å². The molecule has 2 rings (SSSR count). The lowest BCUT2D eigenvalue weighted by atomic mass is 10.2. The molecule has 1 aliphatic rings. The molecular formula is C15H23ClN2O4. The number of fused-ring (bicyclic) bond motifs is 1. The Hall–Kier alpha value is -1.50. The molecule has 0 saturated carbocycles. The van der Waals surface area contributed by atoms with E-state index in [0.29, 0.717) is 25.4 Å². The van der Waals surface area contributed by atoms with Crippen LogP contribution < -0.4 is 15.2 Å². The molecule has 1 aromatic rings. The van der Waals surface area contributed by atoms with Crippen molar-refractivity contribution in [3.05, 3.63) is 24.3 Å². The number of amides is 1. The molecule has 7 heteroatoms. The first-order valence-corrected chi connectivity index (χ1v) is 7.09. The minimum absolute atomic E-state index is 0. The lowest BCUT2D eigenvalue weighted by Crippen LogP contribution is -2.49. The van der Waals surface area contributed by atoms with Crippen molar-refractivity contribution in [3.63, 3.8) is 0 Å². The van der Waals surface area contributed by atoms with Crippen LogP contribution in [0.1, 0.15) is 6.92 Å². The maximum absolute atomic E-state index is 12.3. The first-order chi connectivity index (χ1) is 10.2. The predicted octanol–water partition coefficient (Wildman–Crippen LogP) is 1.07. The lowest BCUT2D eigenvalue weighted by Gasteiger charge is -2.32. The number of rotatable bonds is 6. The van der Waals surface area contributed by atoms with Gasteiger partial charge >= 0.3 is 0 Å². The summed E-state index contributed by atoms with van der Waals surface area (Å²) in [5.74, 6) is 1.32. The van der Waals surface area contributed by atoms with Gasteiger partial charge < -0.3 is 24.8 Å². The summed E-state index contributed by atoms with van der Waals surface area (Å²) in [5, 5.41) is 0. The fourth-order valence-electron chi connectivity index (χ4n) is 2.28. The molecule has 2 N–H and O–H groups in total. The molecule has 124 valence electrons. The second-order valence-corrected chi connectivity index (χ2v) is 4.83. The van der Waals surface area contributed by atoms with Crippen LogP contribution in [0.25, 0.3) is 0 Å². The summed E-state index contributed by atoms with van der Waals surface area (Å²) in [7, 11) is 1.49. The van der Waals surface area contributed by atoms with Crippen molar-refractivity contribution in [1.29, 1.82) is 0 Å². The molecule has 0 saturated heterocycles. The van der Waals surface area contributed by atoms with Gasteiger partial charge in [0, 0.05) is 20.2 Å². The molecule has 1 aromatic carbocycles. The lowest BCUT2D eigenvalue weighted by molar-refractivity contribution is -0.142. The Kier molecular flexibility index (Phi) is 7.44. The number of hydrogen-bond donors (Lipinski definition) is 1. The molecule has 2 atom stereocenters. The number of likely N-dealkylation sites (N-methyl/N-ethyl adjacent to an activating group) is 1. The van der Waals surface area contributed by atoms with Crippen LogP contribution in [-0.4, -0.2) is 56.4 Å². The zero-order chi connectivity index (χ0) is 15.2. The van der Waals surface area contributed by atoms with E-state index in [1.807, 2.05) is 31.2 Å². The molecule has 1 amide bonds. The van der Waals surface area contributed by atoms with Crippen LogP contribution in [0.3, 0.4) is 0 Å². The number of nitrogens with zero attached hydrogens (tertiary/aromatic N) is 1. The summed E-state index contributed by atoms with van der Waals surface area (Å²) in [6, 6.07) is 7.51. The highest BCUT2D eigenvalue weighted by atomic mass is 35.5. The number of hydrogen-bond acceptors (Lipinski definition) is 5. The average Bonchev–Trinajstić information content (AvgIpc) is 2.53. The maximum Gasteiger partial charge on any atom is 0.253 e. The van der Waals surface area contributed by atoms with Crippen molar-refractivity contribution < 1.29 is 19.0 Å². The Labute approximate surface area is 136 Å². The topological polar surface area (TPSA) is 74.0 Å². The second kappa shape index (κ2) is 8.82. The number of halogens is 1. The molecule has 0 fully saturated rings. The maximum atomic E-state index is 12.3. The van der Waals surface area contributed by atoms with Gasteiger partial charge in [0.05, 0.1) is 6.54 Å². The van der Waals surface area contributed by atoms with Gasteiger partial charge in [-0.2, -0.15) is 0 Å². The van der Waals surface area contributed by atoms with Crippen molar-refractivity contribution in [3.8, 4) is 11.5 Å². The molecule has 1 aliphatic heterocycles. The Morgan fingerprint density at radius 3 is 2.73 bits per heavy atom. The van der Waals surface area contributed by atoms with E-state index in [4.69, 9.17) is 19.9 Å². The van der Waals surface area contributed by atoms with E-state index < -0.39 is 6.10 Å². The second-order valence-electron chi connectivity index (χ2n) is 4.83. The number of para-hydroxylation sites is 2. The fourth-order valence-corrected chi connectivity index (χ4v) is 2.28. The number of benzene rings is 1. The molecule has 22 heavy (non-hydrogen) atoms. The molecule has 6 nitrogen and oxygen atoms in total. The van der Waals surface area contributed by atoms with E-state index in [0.717, 1.165) is 5.75 Å². The van der Waals surface area contributed by atoms with E-state index in [1.165, 1.54) is 7.11 Å². The molecule has 2 unspecified atom stereocenters. The normalized spacial score (nSPS) is 17.3. The van der Waals surface area contributed by atoms with Crippen LogP contribution in [0.15, 0.2) is 24.3 Å². The standard InChI is InChI=1S/C15H22N2O4.ClH/c1-3-17(15(18)14(8-16)19-2)9-11-10-20-12-6-4-5-7-13(12)21-11;/h4-7,11,14H,3,8-10,16H2,1-2H3;1H. The van der Waals surface area contributed by atoms with Crippen molar-refractivity contribution in [2.75, 3.05) is 33.4 Å². The van der Waals surface area contributed by atoms with Crippen molar-refractivity contribution in [1.82, 2.24) is 4.90 Å². The van der Waals surface area contributed by atoms with Crippen molar-refractivity contribution >= 4 is 18.3 Å². The monoisotopic (exact) mass is 330 g/mol. The zero-order valence-corrected chi connectivity index (χ0v) is 13.7. The molecular weight excluding hydrogens is 308 g/mol. The number of carbonyl (C=O) groups excluding carboxylic acids is 1. The molecule has 0 spiro atoms. The van der Waals surface area contributed by atoms with E-state index in [-0.39, 0.29) is 31.0 Å². The van der Waals surface area contributed by atoms with Gasteiger partial charge in [-0.15, -0.1) is 12.4 Å².